The molecule has 0 unspecified atom stereocenters. The van der Waals surface area contributed by atoms with Crippen LogP contribution in [0.3, 0.4) is 0 Å². The molecule has 0 heterocycles. The fourth-order valence-corrected chi connectivity index (χ4v) is 1.67. The Morgan fingerprint density at radius 3 is 2.22 bits per heavy atom. The number of hydrogen-bond donors (Lipinski definition) is 0. The first-order chi connectivity index (χ1) is 4.13. The Morgan fingerprint density at radius 1 is 1.22 bits per heavy atom. The van der Waals surface area contributed by atoms with Gasteiger partial charge in [0.05, 0.1) is 0 Å². The molecule has 0 saturated heterocycles. The van der Waals surface area contributed by atoms with Crippen molar-refractivity contribution < 1.29 is 0 Å². The lowest BCUT2D eigenvalue weighted by Crippen LogP contribution is -2.24. The minimum atomic E-state index is 0.637. The van der Waals surface area contributed by atoms with Gasteiger partial charge in [-0.1, -0.05) is 40.0 Å². The van der Waals surface area contributed by atoms with Gasteiger partial charge < -0.3 is 0 Å². The van der Waals surface area contributed by atoms with Crippen LogP contribution in [0.15, 0.2) is 0 Å². The smallest absolute Gasteiger partial charge is 0.0329 e. The molecule has 0 aromatic carbocycles. The van der Waals surface area contributed by atoms with Gasteiger partial charge >= 0.3 is 0 Å². The molecular formula is C9H18. The molecule has 0 heteroatoms. The number of rotatable bonds is 0. The van der Waals surface area contributed by atoms with E-state index in [1.807, 2.05) is 0 Å². The van der Waals surface area contributed by atoms with Crippen LogP contribution >= 0.6 is 0 Å². The molecule has 1 atom stereocenters. The van der Waals surface area contributed by atoms with Gasteiger partial charge in [0.15, 0.2) is 0 Å². The van der Waals surface area contributed by atoms with E-state index in [9.17, 15) is 0 Å². The van der Waals surface area contributed by atoms with Crippen molar-refractivity contribution in [2.75, 3.05) is 0 Å². The van der Waals surface area contributed by atoms with E-state index in [0.717, 1.165) is 5.92 Å². The Kier molecular flexibility index (Phi) is 1.83. The van der Waals surface area contributed by atoms with E-state index in [0.29, 0.717) is 5.41 Å². The molecule has 1 saturated carbocycles. The summed E-state index contributed by atoms with van der Waals surface area (Å²) in [6, 6.07) is 0. The molecule has 0 N–H and O–H groups in total. The Balaban J connectivity index is 2.49. The molecular weight excluding hydrogens is 108 g/mol. The van der Waals surface area contributed by atoms with Crippen molar-refractivity contribution in [2.24, 2.45) is 11.3 Å². The fraction of sp³-hybridized carbons (Fsp3) is 1.00. The van der Waals surface area contributed by atoms with Crippen LogP contribution in [0.1, 0.15) is 46.5 Å². The molecule has 0 aromatic rings. The average molecular weight is 126 g/mol. The van der Waals surface area contributed by atoms with Crippen LogP contribution in [0.5, 0.6) is 0 Å². The highest BCUT2D eigenvalue weighted by atomic mass is 14.3. The quantitative estimate of drug-likeness (QED) is 0.467. The fourth-order valence-electron chi connectivity index (χ4n) is 1.67. The van der Waals surface area contributed by atoms with Gasteiger partial charge in [-0.3, -0.25) is 0 Å². The van der Waals surface area contributed by atoms with Crippen molar-refractivity contribution in [3.63, 3.8) is 0 Å². The lowest BCUT2D eigenvalue weighted by molar-refractivity contribution is 0.154. The zero-order chi connectivity index (χ0) is 6.91. The molecule has 0 radical (unpaired) electrons. The van der Waals surface area contributed by atoms with Gasteiger partial charge in [-0.2, -0.15) is 0 Å². The van der Waals surface area contributed by atoms with Crippen LogP contribution in [0.4, 0.5) is 0 Å². The lowest BCUT2D eigenvalue weighted by Gasteiger charge is -2.36. The van der Waals surface area contributed by atoms with Gasteiger partial charge in [0.2, 0.25) is 0 Å². The summed E-state index contributed by atoms with van der Waals surface area (Å²) in [7, 11) is 0. The first kappa shape index (κ1) is 7.11. The zero-order valence-electron chi connectivity index (χ0n) is 6.91. The first-order valence-corrected chi connectivity index (χ1v) is 4.13. The van der Waals surface area contributed by atoms with Crippen molar-refractivity contribution in [3.8, 4) is 0 Å². The highest BCUT2D eigenvalue weighted by Crippen LogP contribution is 2.39. The Labute approximate surface area is 58.7 Å². The average Bonchev–Trinajstić information content (AvgIpc) is 1.77. The third-order valence-electron chi connectivity index (χ3n) is 3.04. The van der Waals surface area contributed by atoms with Gasteiger partial charge in [0, 0.05) is 0 Å². The molecule has 0 nitrogen and oxygen atoms in total. The van der Waals surface area contributed by atoms with Crippen LogP contribution < -0.4 is 0 Å². The Morgan fingerprint density at radius 2 is 1.89 bits per heavy atom. The summed E-state index contributed by atoms with van der Waals surface area (Å²) in [5, 5.41) is 0. The van der Waals surface area contributed by atoms with Gasteiger partial charge in [0.1, 0.15) is 0 Å². The summed E-state index contributed by atoms with van der Waals surface area (Å²) in [6.45, 7) is 7.19. The highest BCUT2D eigenvalue weighted by Gasteiger charge is 2.27. The molecule has 9 heavy (non-hydrogen) atoms. The van der Waals surface area contributed by atoms with E-state index >= 15 is 0 Å². The Bertz CT molecular complexity index is 92.2. The SMILES string of the molecule is C[C@H]1CCCCC1(C)C. The van der Waals surface area contributed by atoms with Gasteiger partial charge in [-0.25, -0.2) is 0 Å². The third kappa shape index (κ3) is 1.47. The van der Waals surface area contributed by atoms with Crippen molar-refractivity contribution in [1.82, 2.24) is 0 Å². The van der Waals surface area contributed by atoms with Crippen molar-refractivity contribution >= 4 is 0 Å². The van der Waals surface area contributed by atoms with Gasteiger partial charge in [0.25, 0.3) is 0 Å². The maximum absolute atomic E-state index is 2.40. The molecule has 54 valence electrons. The molecule has 0 amide bonds. The minimum absolute atomic E-state index is 0.637. The van der Waals surface area contributed by atoms with Crippen molar-refractivity contribution in [2.45, 2.75) is 46.5 Å². The largest absolute Gasteiger partial charge is 0.0620 e. The summed E-state index contributed by atoms with van der Waals surface area (Å²) < 4.78 is 0. The van der Waals surface area contributed by atoms with Crippen LogP contribution in [0, 0.1) is 11.3 Å². The normalized spacial score (nSPS) is 34.3. The van der Waals surface area contributed by atoms with E-state index < -0.39 is 0 Å². The lowest BCUT2D eigenvalue weighted by atomic mass is 9.70. The predicted octanol–water partition coefficient (Wildman–Crippen LogP) is 3.22. The van der Waals surface area contributed by atoms with E-state index in [1.165, 1.54) is 25.7 Å². The molecule has 0 aromatic heterocycles. The van der Waals surface area contributed by atoms with Crippen molar-refractivity contribution in [3.05, 3.63) is 0 Å². The van der Waals surface area contributed by atoms with E-state index in [4.69, 9.17) is 0 Å². The van der Waals surface area contributed by atoms with E-state index in [2.05, 4.69) is 20.8 Å². The van der Waals surface area contributed by atoms with Gasteiger partial charge in [-0.15, -0.1) is 0 Å². The second-order valence-corrected chi connectivity index (χ2v) is 4.14. The number of hydrogen-bond acceptors (Lipinski definition) is 0. The first-order valence-electron chi connectivity index (χ1n) is 4.13. The summed E-state index contributed by atoms with van der Waals surface area (Å²) in [4.78, 5) is 0. The molecule has 1 fully saturated rings. The highest BCUT2D eigenvalue weighted by molar-refractivity contribution is 4.79. The summed E-state index contributed by atoms with van der Waals surface area (Å²) in [5.41, 5.74) is 0.637. The third-order valence-corrected chi connectivity index (χ3v) is 3.04. The molecule has 1 aliphatic carbocycles. The van der Waals surface area contributed by atoms with Crippen LogP contribution in [0.25, 0.3) is 0 Å². The van der Waals surface area contributed by atoms with Crippen LogP contribution in [-0.4, -0.2) is 0 Å². The van der Waals surface area contributed by atoms with Crippen molar-refractivity contribution in [1.29, 1.82) is 0 Å². The molecule has 0 spiro atoms. The summed E-state index contributed by atoms with van der Waals surface area (Å²) in [5.74, 6) is 0.950. The molecule has 0 aliphatic heterocycles. The standard InChI is InChI=1S/C9H18/c1-8-6-4-5-7-9(8,2)3/h8H,4-7H2,1-3H3/t8-/m0/s1. The van der Waals surface area contributed by atoms with E-state index in [-0.39, 0.29) is 0 Å². The minimum Gasteiger partial charge on any atom is -0.0620 e. The Hall–Kier alpha value is 0. The van der Waals surface area contributed by atoms with E-state index in [1.54, 1.807) is 0 Å². The summed E-state index contributed by atoms with van der Waals surface area (Å²) in [6.07, 6.45) is 5.81. The second kappa shape index (κ2) is 2.32. The topological polar surface area (TPSA) is 0 Å². The van der Waals surface area contributed by atoms with Crippen LogP contribution in [0.2, 0.25) is 0 Å². The molecule has 1 rings (SSSR count). The maximum atomic E-state index is 2.40. The summed E-state index contributed by atoms with van der Waals surface area (Å²) >= 11 is 0. The monoisotopic (exact) mass is 126 g/mol. The maximum Gasteiger partial charge on any atom is -0.0329 e. The van der Waals surface area contributed by atoms with Crippen LogP contribution in [-0.2, 0) is 0 Å². The van der Waals surface area contributed by atoms with Gasteiger partial charge in [-0.05, 0) is 17.8 Å². The zero-order valence-corrected chi connectivity index (χ0v) is 6.91. The predicted molar refractivity (Wildman–Crippen MR) is 41.4 cm³/mol. The second-order valence-electron chi connectivity index (χ2n) is 4.14. The molecule has 1 aliphatic rings. The molecule has 0 bridgehead atoms.